The Morgan fingerprint density at radius 2 is 1.97 bits per heavy atom. The number of ketones is 1. The molecule has 0 spiro atoms. The lowest BCUT2D eigenvalue weighted by molar-refractivity contribution is -0.124. The molecule has 1 amide bonds. The van der Waals surface area contributed by atoms with Gasteiger partial charge in [-0.15, -0.1) is 0 Å². The number of aliphatic hydroxyl groups is 2. The summed E-state index contributed by atoms with van der Waals surface area (Å²) in [7, 11) is 0. The first-order valence-corrected chi connectivity index (χ1v) is 14.7. The van der Waals surface area contributed by atoms with Crippen LogP contribution in [0.3, 0.4) is 0 Å². The molecule has 0 aromatic rings. The average molecular weight is 526 g/mol. The number of rotatable bonds is 9. The van der Waals surface area contributed by atoms with Crippen molar-refractivity contribution in [3.63, 3.8) is 0 Å². The summed E-state index contributed by atoms with van der Waals surface area (Å²) < 4.78 is 5.53. The topological polar surface area (TPSA) is 95.9 Å². The van der Waals surface area contributed by atoms with Crippen molar-refractivity contribution in [1.82, 2.24) is 5.32 Å². The van der Waals surface area contributed by atoms with Crippen LogP contribution in [-0.4, -0.2) is 46.4 Å². The van der Waals surface area contributed by atoms with Crippen LogP contribution < -0.4 is 5.32 Å². The van der Waals surface area contributed by atoms with Gasteiger partial charge in [0.2, 0.25) is 0 Å². The standard InChI is InChI=1S/C32H47NO5/c1-5-6-18-33-30(37)38-32(16-17-32)29(36)14-9-21(2)26-12-13-27-23(8-7-15-31(26,27)4)10-11-24-19-25(34)20-28(35)22(24)3/h9-11,14,21,25-28,34-35H,3,5-8,12-13,15-20H2,1-2,4H3,(H,33,37)/b14-9+,23-10+,24-11-/t21-,25-,26-,27+,28+,31-/m1/s1. The van der Waals surface area contributed by atoms with Crippen LogP contribution in [0.2, 0.25) is 0 Å². The van der Waals surface area contributed by atoms with Crippen LogP contribution in [-0.2, 0) is 9.53 Å². The van der Waals surface area contributed by atoms with Crippen LogP contribution >= 0.6 is 0 Å². The lowest BCUT2D eigenvalue weighted by Gasteiger charge is -2.44. The lowest BCUT2D eigenvalue weighted by atomic mass is 9.61. The molecule has 0 radical (unpaired) electrons. The number of amides is 1. The summed E-state index contributed by atoms with van der Waals surface area (Å²) in [6.07, 6.45) is 16.0. The summed E-state index contributed by atoms with van der Waals surface area (Å²) in [4.78, 5) is 25.1. The van der Waals surface area contributed by atoms with E-state index in [4.69, 9.17) is 4.74 Å². The van der Waals surface area contributed by atoms with Crippen LogP contribution in [0.15, 0.2) is 47.6 Å². The maximum atomic E-state index is 13.0. The quantitative estimate of drug-likeness (QED) is 0.255. The predicted octanol–water partition coefficient (Wildman–Crippen LogP) is 5.95. The van der Waals surface area contributed by atoms with E-state index in [0.717, 1.165) is 49.7 Å². The fourth-order valence-electron chi connectivity index (χ4n) is 7.23. The van der Waals surface area contributed by atoms with Crippen LogP contribution in [0.4, 0.5) is 4.79 Å². The Hall–Kier alpha value is -2.18. The molecule has 0 heterocycles. The van der Waals surface area contributed by atoms with Gasteiger partial charge >= 0.3 is 6.09 Å². The molecule has 4 rings (SSSR count). The molecule has 0 aromatic carbocycles. The zero-order valence-corrected chi connectivity index (χ0v) is 23.5. The molecule has 6 heteroatoms. The lowest BCUT2D eigenvalue weighted by Crippen LogP contribution is -2.36. The largest absolute Gasteiger partial charge is 0.435 e. The van der Waals surface area contributed by atoms with E-state index in [9.17, 15) is 19.8 Å². The number of allylic oxidation sites excluding steroid dienone is 4. The summed E-state index contributed by atoms with van der Waals surface area (Å²) in [5, 5.41) is 23.0. The smallest absolute Gasteiger partial charge is 0.408 e. The van der Waals surface area contributed by atoms with E-state index in [1.165, 1.54) is 12.0 Å². The first-order valence-electron chi connectivity index (χ1n) is 14.7. The molecule has 6 nitrogen and oxygen atoms in total. The predicted molar refractivity (Wildman–Crippen MR) is 149 cm³/mol. The Labute approximate surface area is 228 Å². The third-order valence-electron chi connectivity index (χ3n) is 9.73. The minimum atomic E-state index is -0.965. The Morgan fingerprint density at radius 3 is 2.68 bits per heavy atom. The van der Waals surface area contributed by atoms with Gasteiger partial charge in [-0.1, -0.05) is 57.6 Å². The molecule has 0 aromatic heterocycles. The highest BCUT2D eigenvalue weighted by Crippen LogP contribution is 2.59. The maximum Gasteiger partial charge on any atom is 0.408 e. The molecule has 4 aliphatic carbocycles. The molecular formula is C32H47NO5. The van der Waals surface area contributed by atoms with E-state index in [-0.39, 0.29) is 17.1 Å². The summed E-state index contributed by atoms with van der Waals surface area (Å²) in [5.74, 6) is 1.14. The molecule has 0 bridgehead atoms. The maximum absolute atomic E-state index is 13.0. The van der Waals surface area contributed by atoms with E-state index >= 15 is 0 Å². The number of fused-ring (bicyclic) bond motifs is 1. The highest BCUT2D eigenvalue weighted by molar-refractivity contribution is 6.00. The van der Waals surface area contributed by atoms with E-state index in [2.05, 4.69) is 44.8 Å². The molecule has 4 saturated carbocycles. The highest BCUT2D eigenvalue weighted by atomic mass is 16.6. The van der Waals surface area contributed by atoms with Crippen LogP contribution in [0.5, 0.6) is 0 Å². The molecule has 38 heavy (non-hydrogen) atoms. The summed E-state index contributed by atoms with van der Waals surface area (Å²) in [5.41, 5.74) is 2.35. The van der Waals surface area contributed by atoms with Crippen molar-refractivity contribution in [2.45, 2.75) is 109 Å². The number of alkyl carbamates (subject to hydrolysis) is 1. The number of hydrogen-bond acceptors (Lipinski definition) is 5. The van der Waals surface area contributed by atoms with Crippen molar-refractivity contribution in [2.24, 2.45) is 23.2 Å². The second kappa shape index (κ2) is 11.9. The second-order valence-electron chi connectivity index (χ2n) is 12.4. The van der Waals surface area contributed by atoms with Gasteiger partial charge in [0.25, 0.3) is 0 Å². The molecule has 0 aliphatic heterocycles. The van der Waals surface area contributed by atoms with Gasteiger partial charge < -0.3 is 20.3 Å². The van der Waals surface area contributed by atoms with E-state index in [1.54, 1.807) is 6.08 Å². The third-order valence-corrected chi connectivity index (χ3v) is 9.73. The first-order chi connectivity index (χ1) is 18.1. The van der Waals surface area contributed by atoms with Crippen molar-refractivity contribution >= 4 is 11.9 Å². The summed E-state index contributed by atoms with van der Waals surface area (Å²) in [6, 6.07) is 0. The number of carbonyl (C=O) groups is 2. The number of nitrogens with one attached hydrogen (secondary N) is 1. The molecule has 6 atom stereocenters. The minimum Gasteiger partial charge on any atom is -0.435 e. The molecule has 0 unspecified atom stereocenters. The van der Waals surface area contributed by atoms with Gasteiger partial charge in [0, 0.05) is 13.0 Å². The fourth-order valence-corrected chi connectivity index (χ4v) is 7.23. The molecule has 210 valence electrons. The van der Waals surface area contributed by atoms with Gasteiger partial charge in [-0.05, 0) is 98.2 Å². The molecule has 4 aliphatic rings. The van der Waals surface area contributed by atoms with Crippen molar-refractivity contribution < 1.29 is 24.5 Å². The number of hydrogen-bond donors (Lipinski definition) is 3. The second-order valence-corrected chi connectivity index (χ2v) is 12.4. The molecular weight excluding hydrogens is 478 g/mol. The molecule has 3 N–H and O–H groups in total. The van der Waals surface area contributed by atoms with Gasteiger partial charge in [0.15, 0.2) is 11.4 Å². The first kappa shape index (κ1) is 28.8. The Morgan fingerprint density at radius 1 is 1.21 bits per heavy atom. The van der Waals surface area contributed by atoms with Gasteiger partial charge in [0.05, 0.1) is 12.2 Å². The molecule has 0 saturated heterocycles. The van der Waals surface area contributed by atoms with E-state index in [0.29, 0.717) is 44.1 Å². The normalized spacial score (nSPS) is 35.3. The molecule has 4 fully saturated rings. The average Bonchev–Trinajstić information content (AvgIpc) is 3.56. The van der Waals surface area contributed by atoms with Crippen molar-refractivity contribution in [3.8, 4) is 0 Å². The van der Waals surface area contributed by atoms with Crippen molar-refractivity contribution in [2.75, 3.05) is 6.54 Å². The Balaban J connectivity index is 1.39. The van der Waals surface area contributed by atoms with Gasteiger partial charge in [-0.25, -0.2) is 4.79 Å². The monoisotopic (exact) mass is 525 g/mol. The number of aliphatic hydroxyl groups excluding tert-OH is 2. The fraction of sp³-hybridized carbons (Fsp3) is 0.688. The zero-order chi connectivity index (χ0) is 27.5. The van der Waals surface area contributed by atoms with Crippen LogP contribution in [0.1, 0.15) is 91.4 Å². The number of unbranched alkanes of at least 4 members (excludes halogenated alkanes) is 1. The minimum absolute atomic E-state index is 0.0948. The van der Waals surface area contributed by atoms with Crippen molar-refractivity contribution in [3.05, 3.63) is 47.6 Å². The van der Waals surface area contributed by atoms with E-state index < -0.39 is 23.9 Å². The number of carbonyl (C=O) groups excluding carboxylic acids is 2. The highest BCUT2D eigenvalue weighted by Gasteiger charge is 2.53. The summed E-state index contributed by atoms with van der Waals surface area (Å²) >= 11 is 0. The number of ether oxygens (including phenoxy) is 1. The SMILES string of the molecule is C=C1/C(=C\C=C2/CCC[C@]3(C)[C@@H]([C@H](C)/C=C/C(=O)C4(OC(=O)NCCCC)CC4)CC[C@@H]23)C[C@@H](O)C[C@@H]1O. The van der Waals surface area contributed by atoms with Gasteiger partial charge in [-0.2, -0.15) is 0 Å². The third kappa shape index (κ3) is 6.17. The Bertz CT molecular complexity index is 1010. The van der Waals surface area contributed by atoms with Crippen LogP contribution in [0, 0.1) is 23.2 Å². The summed E-state index contributed by atoms with van der Waals surface area (Å²) in [6.45, 7) is 11.3. The van der Waals surface area contributed by atoms with E-state index in [1.807, 2.05) is 6.08 Å². The zero-order valence-electron chi connectivity index (χ0n) is 23.5. The van der Waals surface area contributed by atoms with Gasteiger partial charge in [-0.3, -0.25) is 4.79 Å². The van der Waals surface area contributed by atoms with Gasteiger partial charge in [0.1, 0.15) is 0 Å². The Kier molecular flexibility index (Phi) is 9.03. The van der Waals surface area contributed by atoms with Crippen LogP contribution in [0.25, 0.3) is 0 Å². The van der Waals surface area contributed by atoms with Crippen molar-refractivity contribution in [1.29, 1.82) is 0 Å².